The zero-order valence-electron chi connectivity index (χ0n) is 11.7. The van der Waals surface area contributed by atoms with Crippen molar-refractivity contribution in [3.05, 3.63) is 59.8 Å². The molecule has 0 amide bonds. The van der Waals surface area contributed by atoms with Gasteiger partial charge in [0.1, 0.15) is 5.58 Å². The zero-order valence-corrected chi connectivity index (χ0v) is 12.5. The smallest absolute Gasteiger partial charge is 0.227 e. The molecule has 2 nitrogen and oxygen atoms in total. The molecule has 5 rings (SSSR count). The first-order valence-electron chi connectivity index (χ1n) is 7.35. The Hall–Kier alpha value is -2.32. The summed E-state index contributed by atoms with van der Waals surface area (Å²) in [5.74, 6) is 0. The maximum atomic E-state index is 6.34. The van der Waals surface area contributed by atoms with E-state index in [9.17, 15) is 0 Å². The number of nitrogens with zero attached hydrogens (tertiary/aromatic N) is 1. The van der Waals surface area contributed by atoms with Crippen LogP contribution in [0.3, 0.4) is 0 Å². The summed E-state index contributed by atoms with van der Waals surface area (Å²) in [4.78, 5) is 4.35. The van der Waals surface area contributed by atoms with Crippen molar-refractivity contribution in [1.29, 1.82) is 0 Å². The largest absolute Gasteiger partial charge is 0.437 e. The molecule has 2 heterocycles. The molecule has 1 atom stereocenters. The molecule has 3 heteroatoms. The van der Waals surface area contributed by atoms with Crippen LogP contribution in [0.25, 0.3) is 38.9 Å². The molecule has 0 saturated carbocycles. The number of hydrogen-bond acceptors (Lipinski definition) is 2. The van der Waals surface area contributed by atoms with Crippen LogP contribution in [-0.4, -0.2) is 10.4 Å². The number of hydrogen-bond donors (Lipinski definition) is 0. The van der Waals surface area contributed by atoms with Crippen LogP contribution in [-0.2, 0) is 6.42 Å². The molecular weight excluding hydrogens is 294 g/mol. The van der Waals surface area contributed by atoms with Crippen LogP contribution in [0.5, 0.6) is 0 Å². The Morgan fingerprint density at radius 1 is 1.09 bits per heavy atom. The average Bonchev–Trinajstić information content (AvgIpc) is 2.93. The topological polar surface area (TPSA) is 26.0 Å². The van der Waals surface area contributed by atoms with Gasteiger partial charge in [-0.3, -0.25) is 0 Å². The number of allylic oxidation sites excluding steroid dienone is 1. The lowest BCUT2D eigenvalue weighted by Gasteiger charge is -2.17. The second-order valence-corrected chi connectivity index (χ2v) is 6.27. The van der Waals surface area contributed by atoms with Gasteiger partial charge in [0, 0.05) is 22.4 Å². The fraction of sp³-hybridized carbons (Fsp3) is 0.105. The number of benzene rings is 2. The fourth-order valence-electron chi connectivity index (χ4n) is 3.41. The molecule has 22 heavy (non-hydrogen) atoms. The van der Waals surface area contributed by atoms with E-state index in [4.69, 9.17) is 16.0 Å². The summed E-state index contributed by atoms with van der Waals surface area (Å²) in [6, 6.07) is 12.6. The Morgan fingerprint density at radius 3 is 2.95 bits per heavy atom. The molecule has 4 aromatic rings. The van der Waals surface area contributed by atoms with Gasteiger partial charge in [0.05, 0.1) is 5.38 Å². The van der Waals surface area contributed by atoms with Gasteiger partial charge in [-0.1, -0.05) is 30.4 Å². The molecule has 1 aliphatic rings. The molecule has 2 aromatic carbocycles. The van der Waals surface area contributed by atoms with E-state index in [2.05, 4.69) is 47.5 Å². The molecule has 0 aliphatic heterocycles. The molecule has 0 fully saturated rings. The molecule has 2 aromatic heterocycles. The van der Waals surface area contributed by atoms with Crippen LogP contribution in [0.15, 0.2) is 53.1 Å². The molecule has 106 valence electrons. The van der Waals surface area contributed by atoms with Gasteiger partial charge in [-0.15, -0.1) is 11.6 Å². The van der Waals surface area contributed by atoms with Crippen LogP contribution in [0.2, 0.25) is 0 Å². The minimum atomic E-state index is 0.0378. The first kappa shape index (κ1) is 12.2. The Labute approximate surface area is 132 Å². The monoisotopic (exact) mass is 305 g/mol. The first-order valence-corrected chi connectivity index (χ1v) is 7.79. The van der Waals surface area contributed by atoms with Crippen molar-refractivity contribution >= 4 is 50.5 Å². The summed E-state index contributed by atoms with van der Waals surface area (Å²) in [6.07, 6.45) is 6.75. The highest BCUT2D eigenvalue weighted by molar-refractivity contribution is 6.23. The molecular formula is C19H12ClNO. The number of furan rings is 1. The normalized spacial score (nSPS) is 17.4. The highest BCUT2D eigenvalue weighted by Gasteiger charge is 2.19. The van der Waals surface area contributed by atoms with Gasteiger partial charge in [-0.25, -0.2) is 4.98 Å². The Bertz CT molecular complexity index is 1080. The third-order valence-electron chi connectivity index (χ3n) is 4.43. The van der Waals surface area contributed by atoms with E-state index < -0.39 is 0 Å². The van der Waals surface area contributed by atoms with E-state index >= 15 is 0 Å². The van der Waals surface area contributed by atoms with Gasteiger partial charge in [-0.05, 0) is 41.1 Å². The molecule has 0 bridgehead atoms. The zero-order chi connectivity index (χ0) is 14.7. The van der Waals surface area contributed by atoms with Gasteiger partial charge < -0.3 is 4.42 Å². The quantitative estimate of drug-likeness (QED) is 0.411. The standard InChI is InChI=1S/C19H12ClNO/c20-13-7-5-11-3-4-12-6-8-14-15-2-1-9-21-19(15)22-18(14)17(12)16(11)10-13/h1-9,13H,10H2. The molecule has 0 saturated heterocycles. The number of rotatable bonds is 0. The minimum absolute atomic E-state index is 0.0378. The summed E-state index contributed by atoms with van der Waals surface area (Å²) in [5.41, 5.74) is 4.11. The second kappa shape index (κ2) is 4.34. The lowest BCUT2D eigenvalue weighted by Crippen LogP contribution is -2.06. The van der Waals surface area contributed by atoms with E-state index in [1.54, 1.807) is 6.20 Å². The van der Waals surface area contributed by atoms with E-state index in [1.165, 1.54) is 21.9 Å². The third-order valence-corrected chi connectivity index (χ3v) is 4.73. The van der Waals surface area contributed by atoms with Crippen molar-refractivity contribution in [2.45, 2.75) is 11.8 Å². The van der Waals surface area contributed by atoms with E-state index in [0.717, 1.165) is 22.8 Å². The average molecular weight is 306 g/mol. The molecule has 1 unspecified atom stereocenters. The SMILES string of the molecule is ClC1C=Cc2ccc3ccc4c5cccnc5oc4c3c2C1. The minimum Gasteiger partial charge on any atom is -0.437 e. The van der Waals surface area contributed by atoms with Crippen molar-refractivity contribution in [1.82, 2.24) is 4.98 Å². The van der Waals surface area contributed by atoms with E-state index in [-0.39, 0.29) is 5.38 Å². The Kier molecular flexibility index (Phi) is 2.42. The van der Waals surface area contributed by atoms with Crippen molar-refractivity contribution in [2.24, 2.45) is 0 Å². The summed E-state index contributed by atoms with van der Waals surface area (Å²) >= 11 is 6.34. The highest BCUT2D eigenvalue weighted by Crippen LogP contribution is 2.38. The van der Waals surface area contributed by atoms with Crippen LogP contribution in [0.4, 0.5) is 0 Å². The maximum absolute atomic E-state index is 6.34. The number of alkyl halides is 1. The third kappa shape index (κ3) is 1.59. The lowest BCUT2D eigenvalue weighted by atomic mass is 9.91. The van der Waals surface area contributed by atoms with Crippen LogP contribution in [0.1, 0.15) is 11.1 Å². The number of pyridine rings is 1. The number of aromatic nitrogens is 1. The molecule has 1 aliphatic carbocycles. The summed E-state index contributed by atoms with van der Waals surface area (Å²) in [6.45, 7) is 0. The van der Waals surface area contributed by atoms with Gasteiger partial charge in [0.25, 0.3) is 0 Å². The summed E-state index contributed by atoms with van der Waals surface area (Å²) in [5, 5.41) is 4.57. The van der Waals surface area contributed by atoms with Crippen LogP contribution < -0.4 is 0 Å². The van der Waals surface area contributed by atoms with Crippen molar-refractivity contribution in [3.8, 4) is 0 Å². The summed E-state index contributed by atoms with van der Waals surface area (Å²) < 4.78 is 6.09. The molecule has 0 radical (unpaired) electrons. The Morgan fingerprint density at radius 2 is 2.00 bits per heavy atom. The Balaban J connectivity index is 2.01. The fourth-order valence-corrected chi connectivity index (χ4v) is 3.64. The second-order valence-electron chi connectivity index (χ2n) is 5.71. The van der Waals surface area contributed by atoms with Crippen molar-refractivity contribution < 1.29 is 4.42 Å². The number of halogens is 1. The predicted molar refractivity (Wildman–Crippen MR) is 91.4 cm³/mol. The van der Waals surface area contributed by atoms with E-state index in [1.807, 2.05) is 6.07 Å². The molecule has 0 N–H and O–H groups in total. The highest BCUT2D eigenvalue weighted by atomic mass is 35.5. The maximum Gasteiger partial charge on any atom is 0.227 e. The van der Waals surface area contributed by atoms with Crippen molar-refractivity contribution in [3.63, 3.8) is 0 Å². The predicted octanol–water partition coefficient (Wildman–Crippen LogP) is 5.31. The van der Waals surface area contributed by atoms with Crippen LogP contribution in [0, 0.1) is 0 Å². The van der Waals surface area contributed by atoms with Gasteiger partial charge in [0.15, 0.2) is 0 Å². The molecule has 0 spiro atoms. The first-order chi connectivity index (χ1) is 10.8. The summed E-state index contributed by atoms with van der Waals surface area (Å²) in [7, 11) is 0. The van der Waals surface area contributed by atoms with E-state index in [0.29, 0.717) is 5.71 Å². The van der Waals surface area contributed by atoms with Crippen LogP contribution >= 0.6 is 11.6 Å². The number of fused-ring (bicyclic) bond motifs is 7. The van der Waals surface area contributed by atoms with Gasteiger partial charge in [-0.2, -0.15) is 0 Å². The lowest BCUT2D eigenvalue weighted by molar-refractivity contribution is 0.657. The van der Waals surface area contributed by atoms with Gasteiger partial charge in [0.2, 0.25) is 5.71 Å². The van der Waals surface area contributed by atoms with Gasteiger partial charge >= 0.3 is 0 Å². The van der Waals surface area contributed by atoms with Crippen molar-refractivity contribution in [2.75, 3.05) is 0 Å².